The van der Waals surface area contributed by atoms with Gasteiger partial charge in [0.15, 0.2) is 0 Å². The molecule has 1 aromatic carbocycles. The number of halogens is 1. The number of amides is 1. The fourth-order valence-electron chi connectivity index (χ4n) is 4.56. The Morgan fingerprint density at radius 3 is 2.56 bits per heavy atom. The van der Waals surface area contributed by atoms with Crippen molar-refractivity contribution < 1.29 is 9.53 Å². The highest BCUT2D eigenvalue weighted by molar-refractivity contribution is 6.31. The molecule has 0 spiro atoms. The first kappa shape index (κ1) is 19.1. The highest BCUT2D eigenvalue weighted by atomic mass is 35.5. The summed E-state index contributed by atoms with van der Waals surface area (Å²) in [5.41, 5.74) is 1.51. The van der Waals surface area contributed by atoms with Crippen LogP contribution in [0.4, 0.5) is 0 Å². The highest BCUT2D eigenvalue weighted by Gasteiger charge is 2.38. The molecule has 3 fully saturated rings. The fourth-order valence-corrected chi connectivity index (χ4v) is 4.81. The molecule has 1 aromatic rings. The highest BCUT2D eigenvalue weighted by Crippen LogP contribution is 2.39. The zero-order valence-corrected chi connectivity index (χ0v) is 17.4. The summed E-state index contributed by atoms with van der Waals surface area (Å²) in [6, 6.07) is 6.41. The molecule has 3 aliphatic rings. The molecule has 1 heterocycles. The molecule has 148 valence electrons. The van der Waals surface area contributed by atoms with Crippen LogP contribution in [0.3, 0.4) is 0 Å². The molecule has 2 saturated carbocycles. The van der Waals surface area contributed by atoms with Crippen molar-refractivity contribution in [1.29, 1.82) is 0 Å². The monoisotopic (exact) mass is 389 g/mol. The molecule has 2 aliphatic carbocycles. The Bertz CT molecular complexity index is 688. The Morgan fingerprint density at radius 1 is 1.15 bits per heavy atom. The van der Waals surface area contributed by atoms with Crippen molar-refractivity contribution in [2.24, 2.45) is 17.3 Å². The predicted molar refractivity (Wildman–Crippen MR) is 109 cm³/mol. The summed E-state index contributed by atoms with van der Waals surface area (Å²) in [5.74, 6) is 2.00. The maximum Gasteiger partial charge on any atom is 0.226 e. The summed E-state index contributed by atoms with van der Waals surface area (Å²) < 4.78 is 5.81. The van der Waals surface area contributed by atoms with E-state index in [9.17, 15) is 4.79 Å². The van der Waals surface area contributed by atoms with Gasteiger partial charge in [0.2, 0.25) is 5.91 Å². The lowest BCUT2D eigenvalue weighted by molar-refractivity contribution is -0.133. The number of hydrogen-bond acceptors (Lipinski definition) is 2. The van der Waals surface area contributed by atoms with E-state index in [0.717, 1.165) is 61.1 Å². The Labute approximate surface area is 168 Å². The lowest BCUT2D eigenvalue weighted by Crippen LogP contribution is -2.41. The van der Waals surface area contributed by atoms with Gasteiger partial charge in [-0.2, -0.15) is 0 Å². The van der Waals surface area contributed by atoms with Crippen LogP contribution in [-0.2, 0) is 11.2 Å². The molecule has 27 heavy (non-hydrogen) atoms. The molecule has 3 nitrogen and oxygen atoms in total. The molecule has 0 aromatic heterocycles. The van der Waals surface area contributed by atoms with Gasteiger partial charge in [-0.3, -0.25) is 4.79 Å². The van der Waals surface area contributed by atoms with Crippen LogP contribution in [0.15, 0.2) is 18.2 Å². The second-order valence-corrected chi connectivity index (χ2v) is 10.0. The average molecular weight is 390 g/mol. The molecule has 1 saturated heterocycles. The van der Waals surface area contributed by atoms with Crippen molar-refractivity contribution in [3.8, 4) is 5.75 Å². The van der Waals surface area contributed by atoms with Crippen LogP contribution in [-0.4, -0.2) is 30.0 Å². The number of hydrogen-bond donors (Lipinski definition) is 0. The summed E-state index contributed by atoms with van der Waals surface area (Å²) in [5, 5.41) is 0.731. The summed E-state index contributed by atoms with van der Waals surface area (Å²) >= 11 is 6.50. The topological polar surface area (TPSA) is 29.5 Å². The Balaban J connectivity index is 1.33. The number of ether oxygens (including phenoxy) is 1. The van der Waals surface area contributed by atoms with Gasteiger partial charge in [-0.1, -0.05) is 31.5 Å². The van der Waals surface area contributed by atoms with Gasteiger partial charge in [0, 0.05) is 23.5 Å². The fraction of sp³-hybridized carbons (Fsp3) is 0.696. The first-order valence-electron chi connectivity index (χ1n) is 10.6. The lowest BCUT2D eigenvalue weighted by atomic mass is 9.75. The predicted octanol–water partition coefficient (Wildman–Crippen LogP) is 5.49. The molecule has 1 amide bonds. The molecule has 0 bridgehead atoms. The Kier molecular flexibility index (Phi) is 5.42. The molecular formula is C23H32ClNO2. The van der Waals surface area contributed by atoms with Crippen LogP contribution < -0.4 is 4.74 Å². The van der Waals surface area contributed by atoms with Gasteiger partial charge in [0.25, 0.3) is 0 Å². The van der Waals surface area contributed by atoms with Crippen molar-refractivity contribution in [2.75, 3.05) is 13.2 Å². The normalized spacial score (nSPS) is 25.8. The third-order valence-corrected chi connectivity index (χ3v) is 7.13. The molecule has 1 unspecified atom stereocenters. The number of nitrogens with zero attached hydrogens (tertiary/aromatic N) is 1. The van der Waals surface area contributed by atoms with E-state index >= 15 is 0 Å². The van der Waals surface area contributed by atoms with Gasteiger partial charge in [0.05, 0.1) is 6.61 Å². The van der Waals surface area contributed by atoms with E-state index in [2.05, 4.69) is 18.7 Å². The Hall–Kier alpha value is -1.22. The van der Waals surface area contributed by atoms with E-state index in [4.69, 9.17) is 16.3 Å². The van der Waals surface area contributed by atoms with Gasteiger partial charge in [0.1, 0.15) is 5.75 Å². The quantitative estimate of drug-likeness (QED) is 0.643. The molecule has 1 atom stereocenters. The van der Waals surface area contributed by atoms with Gasteiger partial charge in [-0.15, -0.1) is 0 Å². The number of benzene rings is 1. The van der Waals surface area contributed by atoms with E-state index in [1.807, 2.05) is 18.2 Å². The van der Waals surface area contributed by atoms with Crippen LogP contribution in [0.1, 0.15) is 64.4 Å². The SMILES string of the molecule is CC1(C)CCC(N2CCC(Cc3ccc(OCC4CC4)cc3Cl)C2=O)CC1. The second-order valence-electron chi connectivity index (χ2n) is 9.62. The van der Waals surface area contributed by atoms with E-state index in [0.29, 0.717) is 17.4 Å². The lowest BCUT2D eigenvalue weighted by Gasteiger charge is -2.38. The second kappa shape index (κ2) is 7.66. The van der Waals surface area contributed by atoms with Gasteiger partial charge in [-0.25, -0.2) is 0 Å². The number of carbonyl (C=O) groups is 1. The first-order chi connectivity index (χ1) is 12.9. The van der Waals surface area contributed by atoms with Crippen LogP contribution in [0.2, 0.25) is 5.02 Å². The number of rotatable bonds is 6. The smallest absolute Gasteiger partial charge is 0.226 e. The van der Waals surface area contributed by atoms with Crippen LogP contribution in [0.25, 0.3) is 0 Å². The van der Waals surface area contributed by atoms with Gasteiger partial charge >= 0.3 is 0 Å². The van der Waals surface area contributed by atoms with Crippen molar-refractivity contribution in [3.63, 3.8) is 0 Å². The molecular weight excluding hydrogens is 358 g/mol. The van der Waals surface area contributed by atoms with E-state index < -0.39 is 0 Å². The number of likely N-dealkylation sites (tertiary alicyclic amines) is 1. The van der Waals surface area contributed by atoms with Crippen molar-refractivity contribution in [2.45, 2.75) is 71.3 Å². The minimum absolute atomic E-state index is 0.0793. The van der Waals surface area contributed by atoms with E-state index in [1.54, 1.807) is 0 Å². The van der Waals surface area contributed by atoms with Crippen LogP contribution in [0, 0.1) is 17.3 Å². The van der Waals surface area contributed by atoms with E-state index in [-0.39, 0.29) is 5.92 Å². The van der Waals surface area contributed by atoms with Gasteiger partial charge in [-0.05, 0) is 80.4 Å². The molecule has 4 heteroatoms. The maximum absolute atomic E-state index is 13.0. The summed E-state index contributed by atoms with van der Waals surface area (Å²) in [6.07, 6.45) is 9.01. The van der Waals surface area contributed by atoms with Crippen LogP contribution >= 0.6 is 11.6 Å². The standard InChI is InChI=1S/C23H32ClNO2/c1-23(2)10-7-19(8-11-23)25-12-9-18(22(25)26)13-17-5-6-20(14-21(17)24)27-15-16-3-4-16/h5-6,14,16,18-19H,3-4,7-13,15H2,1-2H3. The van der Waals surface area contributed by atoms with Crippen molar-refractivity contribution in [1.82, 2.24) is 4.90 Å². The summed E-state index contributed by atoms with van der Waals surface area (Å²) in [4.78, 5) is 15.2. The van der Waals surface area contributed by atoms with Crippen molar-refractivity contribution in [3.05, 3.63) is 28.8 Å². The third-order valence-electron chi connectivity index (χ3n) is 6.77. The molecule has 4 rings (SSSR count). The summed E-state index contributed by atoms with van der Waals surface area (Å²) in [6.45, 7) is 6.40. The van der Waals surface area contributed by atoms with Crippen LogP contribution in [0.5, 0.6) is 5.75 Å². The minimum atomic E-state index is 0.0793. The summed E-state index contributed by atoms with van der Waals surface area (Å²) in [7, 11) is 0. The third kappa shape index (κ3) is 4.62. The van der Waals surface area contributed by atoms with Crippen molar-refractivity contribution >= 4 is 17.5 Å². The minimum Gasteiger partial charge on any atom is -0.493 e. The maximum atomic E-state index is 13.0. The zero-order chi connectivity index (χ0) is 19.0. The molecule has 0 N–H and O–H groups in total. The number of carbonyl (C=O) groups excluding carboxylic acids is 1. The van der Waals surface area contributed by atoms with E-state index in [1.165, 1.54) is 25.7 Å². The zero-order valence-electron chi connectivity index (χ0n) is 16.7. The Morgan fingerprint density at radius 2 is 1.89 bits per heavy atom. The molecule has 1 aliphatic heterocycles. The van der Waals surface area contributed by atoms with Gasteiger partial charge < -0.3 is 9.64 Å². The first-order valence-corrected chi connectivity index (χ1v) is 11.0. The molecule has 0 radical (unpaired) electrons. The largest absolute Gasteiger partial charge is 0.493 e. The average Bonchev–Trinajstić information content (AvgIpc) is 3.39.